The molecule has 1 rings (SSSR count). The summed E-state index contributed by atoms with van der Waals surface area (Å²) in [5.74, 6) is 0.178. The topological polar surface area (TPSA) is 60.0 Å². The Morgan fingerprint density at radius 3 is 2.33 bits per heavy atom. The molecule has 106 valence electrons. The minimum atomic E-state index is 0.178. The van der Waals surface area contributed by atoms with Gasteiger partial charge in [-0.3, -0.25) is 4.79 Å². The summed E-state index contributed by atoms with van der Waals surface area (Å²) in [6, 6.07) is 0. The molecule has 1 aliphatic rings. The van der Waals surface area contributed by atoms with Crippen LogP contribution in [-0.4, -0.2) is 77.1 Å². The van der Waals surface area contributed by atoms with Crippen LogP contribution in [0.15, 0.2) is 0 Å². The number of rotatable bonds is 9. The number of amides is 1. The molecule has 6 heteroatoms. The van der Waals surface area contributed by atoms with E-state index in [1.807, 2.05) is 4.90 Å². The normalized spacial score (nSPS) is 15.9. The van der Waals surface area contributed by atoms with Gasteiger partial charge in [-0.15, -0.1) is 0 Å². The van der Waals surface area contributed by atoms with Crippen molar-refractivity contribution in [2.75, 3.05) is 66.3 Å². The zero-order valence-corrected chi connectivity index (χ0v) is 11.2. The number of ether oxygens (including phenoxy) is 3. The van der Waals surface area contributed by atoms with Crippen molar-refractivity contribution < 1.29 is 19.0 Å². The number of methoxy groups -OCH3 is 1. The maximum atomic E-state index is 11.7. The lowest BCUT2D eigenvalue weighted by atomic mass is 10.3. The van der Waals surface area contributed by atoms with E-state index in [0.717, 1.165) is 26.2 Å². The molecule has 6 nitrogen and oxygen atoms in total. The van der Waals surface area contributed by atoms with Gasteiger partial charge in [0.2, 0.25) is 5.91 Å². The predicted octanol–water partition coefficient (Wildman–Crippen LogP) is -0.512. The first-order chi connectivity index (χ1) is 8.84. The monoisotopic (exact) mass is 260 g/mol. The second-order valence-electron chi connectivity index (χ2n) is 4.10. The van der Waals surface area contributed by atoms with Gasteiger partial charge in [-0.25, -0.2) is 0 Å². The van der Waals surface area contributed by atoms with E-state index in [0.29, 0.717) is 39.5 Å². The molecule has 0 aromatic carbocycles. The zero-order valence-electron chi connectivity index (χ0n) is 11.2. The summed E-state index contributed by atoms with van der Waals surface area (Å²) in [4.78, 5) is 13.6. The maximum absolute atomic E-state index is 11.7. The summed E-state index contributed by atoms with van der Waals surface area (Å²) in [6.07, 6.45) is 0.456. The van der Waals surface area contributed by atoms with Gasteiger partial charge in [-0.1, -0.05) is 0 Å². The Bertz CT molecular complexity index is 220. The second kappa shape index (κ2) is 10.3. The molecule has 1 heterocycles. The fourth-order valence-corrected chi connectivity index (χ4v) is 1.70. The first kappa shape index (κ1) is 15.4. The molecule has 0 aliphatic carbocycles. The highest BCUT2D eigenvalue weighted by Gasteiger charge is 2.15. The number of nitrogens with zero attached hydrogens (tertiary/aromatic N) is 1. The van der Waals surface area contributed by atoms with Crippen LogP contribution < -0.4 is 5.32 Å². The van der Waals surface area contributed by atoms with Crippen LogP contribution in [0.3, 0.4) is 0 Å². The Hall–Kier alpha value is -0.690. The Morgan fingerprint density at radius 2 is 1.67 bits per heavy atom. The highest BCUT2D eigenvalue weighted by molar-refractivity contribution is 5.76. The molecule has 1 aliphatic heterocycles. The molecule has 0 aromatic rings. The highest BCUT2D eigenvalue weighted by atomic mass is 16.5. The second-order valence-corrected chi connectivity index (χ2v) is 4.10. The minimum Gasteiger partial charge on any atom is -0.382 e. The Balaban J connectivity index is 1.89. The van der Waals surface area contributed by atoms with Crippen LogP contribution in [0.2, 0.25) is 0 Å². The average Bonchev–Trinajstić information content (AvgIpc) is 2.42. The van der Waals surface area contributed by atoms with Crippen LogP contribution in [0, 0.1) is 0 Å². The summed E-state index contributed by atoms with van der Waals surface area (Å²) < 4.78 is 15.4. The molecule has 0 saturated carbocycles. The van der Waals surface area contributed by atoms with Gasteiger partial charge in [-0.2, -0.15) is 0 Å². The van der Waals surface area contributed by atoms with E-state index in [1.54, 1.807) is 7.11 Å². The molecule has 1 N–H and O–H groups in total. The first-order valence-corrected chi connectivity index (χ1v) is 6.47. The number of hydrogen-bond acceptors (Lipinski definition) is 5. The molecule has 0 spiro atoms. The zero-order chi connectivity index (χ0) is 13.1. The summed E-state index contributed by atoms with van der Waals surface area (Å²) >= 11 is 0. The van der Waals surface area contributed by atoms with E-state index in [1.165, 1.54) is 0 Å². The average molecular weight is 260 g/mol. The predicted molar refractivity (Wildman–Crippen MR) is 67.6 cm³/mol. The number of carbonyl (C=O) groups is 1. The molecule has 1 saturated heterocycles. The molecule has 0 radical (unpaired) electrons. The number of piperazine rings is 1. The van der Waals surface area contributed by atoms with E-state index in [4.69, 9.17) is 14.2 Å². The van der Waals surface area contributed by atoms with Crippen molar-refractivity contribution >= 4 is 5.91 Å². The van der Waals surface area contributed by atoms with Crippen LogP contribution >= 0.6 is 0 Å². The Morgan fingerprint density at radius 1 is 1.06 bits per heavy atom. The lowest BCUT2D eigenvalue weighted by Gasteiger charge is -2.27. The first-order valence-electron chi connectivity index (χ1n) is 6.47. The van der Waals surface area contributed by atoms with E-state index in [2.05, 4.69) is 5.32 Å². The molecule has 1 fully saturated rings. The third kappa shape index (κ3) is 6.90. The molecule has 0 unspecified atom stereocenters. The van der Waals surface area contributed by atoms with Gasteiger partial charge < -0.3 is 24.4 Å². The van der Waals surface area contributed by atoms with E-state index >= 15 is 0 Å². The van der Waals surface area contributed by atoms with Gasteiger partial charge in [-0.05, 0) is 0 Å². The summed E-state index contributed by atoms with van der Waals surface area (Å²) in [5, 5.41) is 3.22. The highest BCUT2D eigenvalue weighted by Crippen LogP contribution is 1.97. The molecular formula is C12H24N2O4. The van der Waals surface area contributed by atoms with Crippen molar-refractivity contribution in [3.63, 3.8) is 0 Å². The molecule has 18 heavy (non-hydrogen) atoms. The summed E-state index contributed by atoms with van der Waals surface area (Å²) in [5.41, 5.74) is 0. The summed E-state index contributed by atoms with van der Waals surface area (Å²) in [7, 11) is 1.64. The Kier molecular flexibility index (Phi) is 8.75. The minimum absolute atomic E-state index is 0.178. The molecule has 0 bridgehead atoms. The molecular weight excluding hydrogens is 236 g/mol. The number of hydrogen-bond donors (Lipinski definition) is 1. The smallest absolute Gasteiger partial charge is 0.224 e. The summed E-state index contributed by atoms with van der Waals surface area (Å²) in [6.45, 7) is 6.11. The van der Waals surface area contributed by atoms with Crippen molar-refractivity contribution in [1.82, 2.24) is 10.2 Å². The van der Waals surface area contributed by atoms with Gasteiger partial charge >= 0.3 is 0 Å². The number of nitrogens with one attached hydrogen (secondary N) is 1. The van der Waals surface area contributed by atoms with Crippen LogP contribution in [0.4, 0.5) is 0 Å². The molecule has 0 atom stereocenters. The van der Waals surface area contributed by atoms with Crippen molar-refractivity contribution in [2.24, 2.45) is 0 Å². The SMILES string of the molecule is COCCOCCOCCC(=O)N1CCNCC1. The van der Waals surface area contributed by atoms with Crippen molar-refractivity contribution in [2.45, 2.75) is 6.42 Å². The van der Waals surface area contributed by atoms with Gasteiger partial charge in [0.15, 0.2) is 0 Å². The Labute approximate surface area is 109 Å². The molecule has 0 aromatic heterocycles. The fourth-order valence-electron chi connectivity index (χ4n) is 1.70. The van der Waals surface area contributed by atoms with Gasteiger partial charge in [0, 0.05) is 33.3 Å². The standard InChI is InChI=1S/C12H24N2O4/c1-16-8-9-18-11-10-17-7-2-12(15)14-5-3-13-4-6-14/h13H,2-11H2,1H3. The van der Waals surface area contributed by atoms with E-state index < -0.39 is 0 Å². The van der Waals surface area contributed by atoms with E-state index in [9.17, 15) is 4.79 Å². The van der Waals surface area contributed by atoms with Crippen molar-refractivity contribution in [1.29, 1.82) is 0 Å². The third-order valence-electron chi connectivity index (χ3n) is 2.73. The van der Waals surface area contributed by atoms with Crippen molar-refractivity contribution in [3.8, 4) is 0 Å². The fraction of sp³-hybridized carbons (Fsp3) is 0.917. The quantitative estimate of drug-likeness (QED) is 0.566. The largest absolute Gasteiger partial charge is 0.382 e. The van der Waals surface area contributed by atoms with Crippen molar-refractivity contribution in [3.05, 3.63) is 0 Å². The lowest BCUT2D eigenvalue weighted by molar-refractivity contribution is -0.133. The van der Waals surface area contributed by atoms with Gasteiger partial charge in [0.1, 0.15) is 0 Å². The molecule has 1 amide bonds. The van der Waals surface area contributed by atoms with Gasteiger partial charge in [0.25, 0.3) is 0 Å². The maximum Gasteiger partial charge on any atom is 0.224 e. The third-order valence-corrected chi connectivity index (χ3v) is 2.73. The van der Waals surface area contributed by atoms with Crippen LogP contribution in [0.25, 0.3) is 0 Å². The van der Waals surface area contributed by atoms with Crippen LogP contribution in [0.5, 0.6) is 0 Å². The number of carbonyl (C=O) groups excluding carboxylic acids is 1. The van der Waals surface area contributed by atoms with Crippen LogP contribution in [0.1, 0.15) is 6.42 Å². The lowest BCUT2D eigenvalue weighted by Crippen LogP contribution is -2.46. The van der Waals surface area contributed by atoms with Crippen LogP contribution in [-0.2, 0) is 19.0 Å². The van der Waals surface area contributed by atoms with Gasteiger partial charge in [0.05, 0.1) is 39.5 Å². The van der Waals surface area contributed by atoms with E-state index in [-0.39, 0.29) is 5.91 Å².